The molecule has 0 aromatic carbocycles. The lowest BCUT2D eigenvalue weighted by molar-refractivity contribution is 0.574. The molecule has 1 N–H and O–H groups in total. The molecule has 0 atom stereocenters. The number of hydrogen-bond acceptors (Lipinski definition) is 5. The predicted molar refractivity (Wildman–Crippen MR) is 83.4 cm³/mol. The van der Waals surface area contributed by atoms with Crippen molar-refractivity contribution in [2.24, 2.45) is 0 Å². The van der Waals surface area contributed by atoms with Crippen LogP contribution >= 0.6 is 23.1 Å². The smallest absolute Gasteiger partial charge is 0.194 e. The summed E-state index contributed by atoms with van der Waals surface area (Å²) in [5.74, 6) is 0. The number of rotatable bonds is 5. The molecule has 0 saturated carbocycles. The van der Waals surface area contributed by atoms with Crippen molar-refractivity contribution in [3.8, 4) is 0 Å². The monoisotopic (exact) mass is 304 g/mol. The molecular weight excluding hydrogens is 288 g/mol. The minimum absolute atomic E-state index is 0.456. The SMILES string of the molecule is CC(C)NCc1c(Sc2ccncc2)nc2sccn12. The van der Waals surface area contributed by atoms with Crippen LogP contribution in [-0.4, -0.2) is 20.4 Å². The van der Waals surface area contributed by atoms with E-state index in [9.17, 15) is 0 Å². The Balaban J connectivity index is 1.92. The van der Waals surface area contributed by atoms with Crippen molar-refractivity contribution in [2.45, 2.75) is 36.4 Å². The molecule has 0 spiro atoms. The van der Waals surface area contributed by atoms with E-state index in [4.69, 9.17) is 4.98 Å². The van der Waals surface area contributed by atoms with Crippen molar-refractivity contribution in [2.75, 3.05) is 0 Å². The Labute approximate surface area is 126 Å². The molecule has 0 radical (unpaired) electrons. The molecular formula is C14H16N4S2. The summed E-state index contributed by atoms with van der Waals surface area (Å²) in [4.78, 5) is 11.0. The van der Waals surface area contributed by atoms with E-state index in [-0.39, 0.29) is 0 Å². The molecule has 20 heavy (non-hydrogen) atoms. The van der Waals surface area contributed by atoms with E-state index in [1.165, 1.54) is 5.69 Å². The molecule has 0 aliphatic carbocycles. The number of thiazole rings is 1. The fraction of sp³-hybridized carbons (Fsp3) is 0.286. The third-order valence-electron chi connectivity index (χ3n) is 2.87. The van der Waals surface area contributed by atoms with Crippen molar-refractivity contribution in [3.63, 3.8) is 0 Å². The number of fused-ring (bicyclic) bond motifs is 1. The van der Waals surface area contributed by atoms with Crippen LogP contribution in [0.3, 0.4) is 0 Å². The lowest BCUT2D eigenvalue weighted by Crippen LogP contribution is -2.22. The van der Waals surface area contributed by atoms with Gasteiger partial charge in [-0.1, -0.05) is 25.6 Å². The van der Waals surface area contributed by atoms with Crippen molar-refractivity contribution < 1.29 is 0 Å². The Morgan fingerprint density at radius 1 is 1.35 bits per heavy atom. The fourth-order valence-corrected chi connectivity index (χ4v) is 3.57. The van der Waals surface area contributed by atoms with Gasteiger partial charge in [0, 0.05) is 41.5 Å². The molecule has 3 aromatic rings. The number of imidazole rings is 1. The molecule has 3 aromatic heterocycles. The highest BCUT2D eigenvalue weighted by Gasteiger charge is 2.14. The molecule has 6 heteroatoms. The largest absolute Gasteiger partial charge is 0.309 e. The van der Waals surface area contributed by atoms with Crippen LogP contribution in [0.5, 0.6) is 0 Å². The summed E-state index contributed by atoms with van der Waals surface area (Å²) in [7, 11) is 0. The summed E-state index contributed by atoms with van der Waals surface area (Å²) in [6.45, 7) is 5.13. The summed E-state index contributed by atoms with van der Waals surface area (Å²) in [5, 5.41) is 6.61. The highest BCUT2D eigenvalue weighted by molar-refractivity contribution is 7.99. The standard InChI is InChI=1S/C14H16N4S2/c1-10(2)16-9-12-13(17-14-18(12)7-8-19-14)20-11-3-5-15-6-4-11/h3-8,10,16H,9H2,1-2H3. The van der Waals surface area contributed by atoms with Gasteiger partial charge in [0.1, 0.15) is 5.03 Å². The topological polar surface area (TPSA) is 42.2 Å². The second-order valence-electron chi connectivity index (χ2n) is 4.74. The summed E-state index contributed by atoms with van der Waals surface area (Å²) < 4.78 is 2.17. The van der Waals surface area contributed by atoms with Gasteiger partial charge in [-0.25, -0.2) is 4.98 Å². The number of aromatic nitrogens is 3. The maximum Gasteiger partial charge on any atom is 0.194 e. The molecule has 0 amide bonds. The van der Waals surface area contributed by atoms with Gasteiger partial charge < -0.3 is 5.32 Å². The van der Waals surface area contributed by atoms with Crippen LogP contribution < -0.4 is 5.32 Å². The Morgan fingerprint density at radius 2 is 2.15 bits per heavy atom. The fourth-order valence-electron chi connectivity index (χ4n) is 1.87. The van der Waals surface area contributed by atoms with Gasteiger partial charge in [-0.15, -0.1) is 11.3 Å². The lowest BCUT2D eigenvalue weighted by Gasteiger charge is -2.09. The van der Waals surface area contributed by atoms with Crippen LogP contribution in [0.4, 0.5) is 0 Å². The third kappa shape index (κ3) is 2.87. The Bertz CT molecular complexity index is 688. The quantitative estimate of drug-likeness (QED) is 0.784. The zero-order valence-electron chi connectivity index (χ0n) is 11.4. The van der Waals surface area contributed by atoms with Gasteiger partial charge >= 0.3 is 0 Å². The van der Waals surface area contributed by atoms with Crippen LogP contribution in [0.1, 0.15) is 19.5 Å². The van der Waals surface area contributed by atoms with E-state index >= 15 is 0 Å². The van der Waals surface area contributed by atoms with Crippen LogP contribution in [0, 0.1) is 0 Å². The van der Waals surface area contributed by atoms with E-state index in [1.54, 1.807) is 23.1 Å². The van der Waals surface area contributed by atoms with E-state index in [1.807, 2.05) is 24.5 Å². The van der Waals surface area contributed by atoms with Gasteiger partial charge in [-0.05, 0) is 12.1 Å². The zero-order chi connectivity index (χ0) is 13.9. The summed E-state index contributed by atoms with van der Waals surface area (Å²) in [6, 6.07) is 4.48. The van der Waals surface area contributed by atoms with Crippen LogP contribution in [0.15, 0.2) is 46.0 Å². The molecule has 4 nitrogen and oxygen atoms in total. The van der Waals surface area contributed by atoms with Gasteiger partial charge in [-0.2, -0.15) is 0 Å². The Morgan fingerprint density at radius 3 is 2.90 bits per heavy atom. The highest BCUT2D eigenvalue weighted by atomic mass is 32.2. The number of pyridine rings is 1. The lowest BCUT2D eigenvalue weighted by atomic mass is 10.3. The molecule has 0 bridgehead atoms. The van der Waals surface area contributed by atoms with Crippen LogP contribution in [0.2, 0.25) is 0 Å². The maximum absolute atomic E-state index is 4.73. The minimum atomic E-state index is 0.456. The van der Waals surface area contributed by atoms with Crippen molar-refractivity contribution in [3.05, 3.63) is 41.8 Å². The van der Waals surface area contributed by atoms with Gasteiger partial charge in [0.05, 0.1) is 5.69 Å². The molecule has 3 rings (SSSR count). The average Bonchev–Trinajstić information content (AvgIpc) is 2.99. The highest BCUT2D eigenvalue weighted by Crippen LogP contribution is 2.31. The van der Waals surface area contributed by atoms with Crippen LogP contribution in [0.25, 0.3) is 4.96 Å². The van der Waals surface area contributed by atoms with Gasteiger partial charge in [-0.3, -0.25) is 9.38 Å². The first-order valence-electron chi connectivity index (χ1n) is 6.49. The van der Waals surface area contributed by atoms with Crippen LogP contribution in [-0.2, 0) is 6.54 Å². The molecule has 0 aliphatic heterocycles. The second kappa shape index (κ2) is 5.95. The molecule has 3 heterocycles. The third-order valence-corrected chi connectivity index (χ3v) is 4.65. The van der Waals surface area contributed by atoms with Gasteiger partial charge in [0.25, 0.3) is 0 Å². The Hall–Kier alpha value is -1.37. The zero-order valence-corrected chi connectivity index (χ0v) is 13.0. The first-order valence-corrected chi connectivity index (χ1v) is 8.19. The number of nitrogens with zero attached hydrogens (tertiary/aromatic N) is 3. The van der Waals surface area contributed by atoms with E-state index in [2.05, 4.69) is 40.1 Å². The first-order chi connectivity index (χ1) is 9.74. The minimum Gasteiger partial charge on any atom is -0.309 e. The van der Waals surface area contributed by atoms with E-state index in [0.717, 1.165) is 21.4 Å². The normalized spacial score (nSPS) is 11.6. The van der Waals surface area contributed by atoms with Crippen molar-refractivity contribution >= 4 is 28.1 Å². The van der Waals surface area contributed by atoms with E-state index < -0.39 is 0 Å². The predicted octanol–water partition coefficient (Wildman–Crippen LogP) is 3.44. The van der Waals surface area contributed by atoms with Crippen molar-refractivity contribution in [1.82, 2.24) is 19.7 Å². The molecule has 0 aliphatic rings. The van der Waals surface area contributed by atoms with E-state index in [0.29, 0.717) is 6.04 Å². The second-order valence-corrected chi connectivity index (χ2v) is 6.68. The van der Waals surface area contributed by atoms with Crippen molar-refractivity contribution in [1.29, 1.82) is 0 Å². The van der Waals surface area contributed by atoms with Gasteiger partial charge in [0.2, 0.25) is 0 Å². The molecule has 0 unspecified atom stereocenters. The maximum atomic E-state index is 4.73. The number of hydrogen-bond donors (Lipinski definition) is 1. The first kappa shape index (κ1) is 13.6. The summed E-state index contributed by atoms with van der Waals surface area (Å²) >= 11 is 3.36. The summed E-state index contributed by atoms with van der Waals surface area (Å²) in [6.07, 6.45) is 5.71. The molecule has 0 saturated heterocycles. The number of nitrogens with one attached hydrogen (secondary N) is 1. The Kier molecular flexibility index (Phi) is 4.05. The van der Waals surface area contributed by atoms with Gasteiger partial charge in [0.15, 0.2) is 4.96 Å². The average molecular weight is 304 g/mol. The molecule has 0 fully saturated rings. The molecule has 104 valence electrons. The summed E-state index contributed by atoms with van der Waals surface area (Å²) in [5.41, 5.74) is 1.22.